The lowest BCUT2D eigenvalue weighted by Crippen LogP contribution is -2.29. The maximum Gasteiger partial charge on any atom is 0.296 e. The van der Waals surface area contributed by atoms with Crippen LogP contribution in [0.5, 0.6) is 11.5 Å². The van der Waals surface area contributed by atoms with E-state index in [-0.39, 0.29) is 17.9 Å². The Balaban J connectivity index is 1.61. The molecule has 5 rings (SSSR count). The van der Waals surface area contributed by atoms with Crippen molar-refractivity contribution in [3.8, 4) is 11.5 Å². The van der Waals surface area contributed by atoms with Crippen molar-refractivity contribution in [2.75, 3.05) is 13.7 Å². The predicted molar refractivity (Wildman–Crippen MR) is 120 cm³/mol. The van der Waals surface area contributed by atoms with E-state index in [0.717, 1.165) is 23.3 Å². The van der Waals surface area contributed by atoms with E-state index >= 15 is 0 Å². The lowest BCUT2D eigenvalue weighted by atomic mass is 9.98. The number of Topliss-reactive ketones (excluding diaryl/α,β-unsaturated/α-hetero) is 1. The van der Waals surface area contributed by atoms with E-state index in [1.807, 2.05) is 24.3 Å². The van der Waals surface area contributed by atoms with Crippen LogP contribution in [0.15, 0.2) is 64.6 Å². The summed E-state index contributed by atoms with van der Waals surface area (Å²) in [7, 11) is 1.57. The average molecular weight is 445 g/mol. The summed E-state index contributed by atoms with van der Waals surface area (Å²) in [5.41, 5.74) is 2.22. The molecule has 1 amide bonds. The largest absolute Gasteiger partial charge is 0.507 e. The number of fused-ring (bicyclic) bond motifs is 1. The number of furan rings is 1. The first-order valence-corrected chi connectivity index (χ1v) is 10.7. The summed E-state index contributed by atoms with van der Waals surface area (Å²) in [6.07, 6.45) is 0.724. The Labute approximate surface area is 190 Å². The fourth-order valence-electron chi connectivity index (χ4n) is 4.40. The van der Waals surface area contributed by atoms with Crippen LogP contribution in [0.25, 0.3) is 5.76 Å². The molecule has 7 nitrogen and oxygen atoms in total. The second-order valence-corrected chi connectivity index (χ2v) is 8.15. The number of likely N-dealkylation sites (tertiary alicyclic amines) is 1. The van der Waals surface area contributed by atoms with Gasteiger partial charge in [0.25, 0.3) is 11.7 Å². The van der Waals surface area contributed by atoms with Crippen molar-refractivity contribution in [2.24, 2.45) is 0 Å². The maximum atomic E-state index is 13.2. The highest BCUT2D eigenvalue weighted by Gasteiger charge is 2.47. The molecular weight excluding hydrogens is 422 g/mol. The van der Waals surface area contributed by atoms with E-state index in [2.05, 4.69) is 0 Å². The van der Waals surface area contributed by atoms with E-state index in [4.69, 9.17) is 13.9 Å². The number of rotatable bonds is 5. The zero-order valence-electron chi connectivity index (χ0n) is 18.3. The molecule has 3 aromatic rings. The lowest BCUT2D eigenvalue weighted by Gasteiger charge is -2.23. The smallest absolute Gasteiger partial charge is 0.296 e. The number of aryl methyl sites for hydroxylation is 1. The van der Waals surface area contributed by atoms with Crippen molar-refractivity contribution in [1.29, 1.82) is 0 Å². The van der Waals surface area contributed by atoms with Crippen molar-refractivity contribution in [3.05, 3.63) is 88.4 Å². The number of methoxy groups -OCH3 is 1. The van der Waals surface area contributed by atoms with Gasteiger partial charge in [-0.2, -0.15) is 0 Å². The first kappa shape index (κ1) is 20.9. The van der Waals surface area contributed by atoms with Crippen molar-refractivity contribution >= 4 is 17.4 Å². The summed E-state index contributed by atoms with van der Waals surface area (Å²) >= 11 is 0. The second kappa shape index (κ2) is 8.16. The molecule has 0 aliphatic carbocycles. The first-order chi connectivity index (χ1) is 16.0. The summed E-state index contributed by atoms with van der Waals surface area (Å²) in [4.78, 5) is 27.7. The molecule has 1 unspecified atom stereocenters. The summed E-state index contributed by atoms with van der Waals surface area (Å²) in [6.45, 7) is 2.52. The monoisotopic (exact) mass is 445 g/mol. The number of nitrogens with zero attached hydrogens (tertiary/aromatic N) is 1. The van der Waals surface area contributed by atoms with Crippen LogP contribution in [0.2, 0.25) is 0 Å². The molecule has 168 valence electrons. The standard InChI is InChI=1S/C26H23NO6/c1-15-6-8-21(33-15)23-22(24(28)18-7-9-20-17(13-18)10-11-32-20)25(29)26(30)27(23)14-16-4-3-5-19(12-16)31-2/h3-9,12-13,23,28H,10-11,14H2,1-2H3/b24-22-. The van der Waals surface area contributed by atoms with E-state index in [1.165, 1.54) is 4.90 Å². The van der Waals surface area contributed by atoms with Crippen LogP contribution < -0.4 is 9.47 Å². The summed E-state index contributed by atoms with van der Waals surface area (Å²) < 4.78 is 16.7. The third kappa shape index (κ3) is 3.65. The van der Waals surface area contributed by atoms with Gasteiger partial charge < -0.3 is 23.9 Å². The van der Waals surface area contributed by atoms with Crippen molar-refractivity contribution in [1.82, 2.24) is 4.90 Å². The van der Waals surface area contributed by atoms with Crippen LogP contribution in [0.1, 0.15) is 34.3 Å². The number of aliphatic hydroxyl groups excluding tert-OH is 1. The second-order valence-electron chi connectivity index (χ2n) is 8.15. The molecule has 1 saturated heterocycles. The number of hydrogen-bond donors (Lipinski definition) is 1. The fraction of sp³-hybridized carbons (Fsp3) is 0.231. The van der Waals surface area contributed by atoms with Gasteiger partial charge in [-0.25, -0.2) is 0 Å². The average Bonchev–Trinajstić information content (AvgIpc) is 3.53. The summed E-state index contributed by atoms with van der Waals surface area (Å²) in [5, 5.41) is 11.2. The molecule has 0 spiro atoms. The highest BCUT2D eigenvalue weighted by Crippen LogP contribution is 2.41. The van der Waals surface area contributed by atoms with Gasteiger partial charge in [0, 0.05) is 18.5 Å². The van der Waals surface area contributed by atoms with Gasteiger partial charge in [0.1, 0.15) is 34.8 Å². The van der Waals surface area contributed by atoms with Gasteiger partial charge in [0.2, 0.25) is 0 Å². The van der Waals surface area contributed by atoms with Crippen molar-refractivity contribution in [2.45, 2.75) is 25.9 Å². The van der Waals surface area contributed by atoms with E-state index in [0.29, 0.717) is 29.4 Å². The Morgan fingerprint density at radius 2 is 2.00 bits per heavy atom. The van der Waals surface area contributed by atoms with E-state index in [1.54, 1.807) is 44.4 Å². The lowest BCUT2D eigenvalue weighted by molar-refractivity contribution is -0.140. The molecule has 1 aromatic heterocycles. The van der Waals surface area contributed by atoms with Crippen LogP contribution in [0.4, 0.5) is 0 Å². The van der Waals surface area contributed by atoms with Crippen LogP contribution in [-0.4, -0.2) is 35.4 Å². The molecule has 0 bridgehead atoms. The van der Waals surface area contributed by atoms with Crippen molar-refractivity contribution < 1.29 is 28.6 Å². The third-order valence-electron chi connectivity index (χ3n) is 6.02. The van der Waals surface area contributed by atoms with Crippen LogP contribution in [0, 0.1) is 6.92 Å². The highest BCUT2D eigenvalue weighted by molar-refractivity contribution is 6.46. The first-order valence-electron chi connectivity index (χ1n) is 10.7. The minimum Gasteiger partial charge on any atom is -0.507 e. The Kier molecular flexibility index (Phi) is 5.17. The predicted octanol–water partition coefficient (Wildman–Crippen LogP) is 4.15. The molecule has 1 N–H and O–H groups in total. The Morgan fingerprint density at radius 3 is 2.76 bits per heavy atom. The normalized spacial score (nSPS) is 19.0. The fourth-order valence-corrected chi connectivity index (χ4v) is 4.40. The highest BCUT2D eigenvalue weighted by atomic mass is 16.5. The molecule has 1 fully saturated rings. The number of carbonyl (C=O) groups excluding carboxylic acids is 2. The Bertz CT molecular complexity index is 1290. The minimum absolute atomic E-state index is 0.0103. The number of ether oxygens (including phenoxy) is 2. The molecule has 3 heterocycles. The van der Waals surface area contributed by atoms with Gasteiger partial charge in [-0.05, 0) is 60.5 Å². The zero-order chi connectivity index (χ0) is 23.1. The molecule has 0 radical (unpaired) electrons. The number of ketones is 1. The van der Waals surface area contributed by atoms with Gasteiger partial charge in [-0.1, -0.05) is 12.1 Å². The zero-order valence-corrected chi connectivity index (χ0v) is 18.3. The van der Waals surface area contributed by atoms with Gasteiger partial charge in [0.05, 0.1) is 19.3 Å². The van der Waals surface area contributed by atoms with Gasteiger partial charge >= 0.3 is 0 Å². The number of amides is 1. The molecule has 7 heteroatoms. The molecule has 0 saturated carbocycles. The molecule has 2 aliphatic heterocycles. The summed E-state index contributed by atoms with van der Waals surface area (Å²) in [6, 6.07) is 15.2. The molecule has 2 aromatic carbocycles. The topological polar surface area (TPSA) is 89.2 Å². The van der Waals surface area contributed by atoms with Crippen LogP contribution in [0.3, 0.4) is 0 Å². The summed E-state index contributed by atoms with van der Waals surface area (Å²) in [5.74, 6) is 0.815. The number of aliphatic hydroxyl groups is 1. The van der Waals surface area contributed by atoms with Crippen molar-refractivity contribution in [3.63, 3.8) is 0 Å². The van der Waals surface area contributed by atoms with Gasteiger partial charge in [-0.15, -0.1) is 0 Å². The molecule has 2 aliphatic rings. The van der Waals surface area contributed by atoms with Crippen LogP contribution >= 0.6 is 0 Å². The van der Waals surface area contributed by atoms with E-state index in [9.17, 15) is 14.7 Å². The van der Waals surface area contributed by atoms with Gasteiger partial charge in [0.15, 0.2) is 0 Å². The molecule has 1 atom stereocenters. The minimum atomic E-state index is -0.852. The quantitative estimate of drug-likeness (QED) is 0.361. The van der Waals surface area contributed by atoms with E-state index < -0.39 is 17.7 Å². The van der Waals surface area contributed by atoms with Crippen LogP contribution in [-0.2, 0) is 22.6 Å². The number of benzene rings is 2. The van der Waals surface area contributed by atoms with Gasteiger partial charge in [-0.3, -0.25) is 9.59 Å². The maximum absolute atomic E-state index is 13.2. The Hall–Kier alpha value is -4.00. The Morgan fingerprint density at radius 1 is 1.15 bits per heavy atom. The SMILES string of the molecule is COc1cccc(CN2C(=O)C(=O)/C(=C(\O)c3ccc4c(c3)CCO4)C2c2ccc(C)o2)c1. The molecule has 33 heavy (non-hydrogen) atoms. The number of hydrogen-bond acceptors (Lipinski definition) is 6. The number of carbonyl (C=O) groups is 2. The third-order valence-corrected chi connectivity index (χ3v) is 6.02. The molecular formula is C26H23NO6.